The number of anilines is 2. The molecule has 1 fully saturated rings. The van der Waals surface area contributed by atoms with E-state index < -0.39 is 5.91 Å². The van der Waals surface area contributed by atoms with Crippen LogP contribution in [0.15, 0.2) is 67.1 Å². The van der Waals surface area contributed by atoms with Gasteiger partial charge in [0, 0.05) is 43.2 Å². The van der Waals surface area contributed by atoms with Gasteiger partial charge in [0.25, 0.3) is 5.91 Å². The number of nitrogens with one attached hydrogen (secondary N) is 1. The Morgan fingerprint density at radius 2 is 1.78 bits per heavy atom. The number of para-hydroxylation sites is 1. The summed E-state index contributed by atoms with van der Waals surface area (Å²) in [4.78, 5) is 39.8. The number of amides is 1. The summed E-state index contributed by atoms with van der Waals surface area (Å²) in [7, 11) is 0. The fourth-order valence-corrected chi connectivity index (χ4v) is 4.28. The summed E-state index contributed by atoms with van der Waals surface area (Å²) >= 11 is 0. The van der Waals surface area contributed by atoms with Crippen LogP contribution in [0.25, 0.3) is 10.9 Å². The molecule has 0 unspecified atom stereocenters. The number of aromatic nitrogens is 3. The standard InChI is InChI=1S/C27H26N6O3/c28-26(35)21-5-2-6-22-25(21)31-17-32-27(22)30-15-19-4-1-3-18(13-19)14-23(34)20-7-8-24(29-16-20)33-9-11-36-12-10-33/h1-8,13,16-17H,9-12,14-15H2,(H2,28,35)(H,30,31,32). The molecule has 3 heterocycles. The average Bonchev–Trinajstić information content (AvgIpc) is 2.92. The van der Waals surface area contributed by atoms with E-state index >= 15 is 0 Å². The van der Waals surface area contributed by atoms with Gasteiger partial charge in [-0.15, -0.1) is 0 Å². The van der Waals surface area contributed by atoms with Gasteiger partial charge in [-0.1, -0.05) is 30.3 Å². The van der Waals surface area contributed by atoms with E-state index in [2.05, 4.69) is 25.2 Å². The maximum absolute atomic E-state index is 12.9. The Morgan fingerprint density at radius 3 is 2.56 bits per heavy atom. The Bertz CT molecular complexity index is 1400. The maximum Gasteiger partial charge on any atom is 0.250 e. The van der Waals surface area contributed by atoms with Crippen molar-refractivity contribution >= 4 is 34.2 Å². The summed E-state index contributed by atoms with van der Waals surface area (Å²) in [6.07, 6.45) is 3.34. The van der Waals surface area contributed by atoms with E-state index in [1.807, 2.05) is 42.5 Å². The first-order valence-electron chi connectivity index (χ1n) is 11.8. The molecule has 0 radical (unpaired) electrons. The Morgan fingerprint density at radius 1 is 0.972 bits per heavy atom. The molecule has 1 aliphatic heterocycles. The number of rotatable bonds is 8. The van der Waals surface area contributed by atoms with Crippen molar-refractivity contribution < 1.29 is 14.3 Å². The van der Waals surface area contributed by atoms with Crippen molar-refractivity contribution in [1.29, 1.82) is 0 Å². The maximum atomic E-state index is 12.9. The highest BCUT2D eigenvalue weighted by Crippen LogP contribution is 2.23. The first-order chi connectivity index (χ1) is 17.6. The number of pyridine rings is 1. The molecule has 1 saturated heterocycles. The van der Waals surface area contributed by atoms with Gasteiger partial charge in [-0.05, 0) is 35.4 Å². The van der Waals surface area contributed by atoms with Crippen LogP contribution < -0.4 is 16.0 Å². The largest absolute Gasteiger partial charge is 0.378 e. The van der Waals surface area contributed by atoms with Crippen LogP contribution in [-0.4, -0.2) is 52.9 Å². The van der Waals surface area contributed by atoms with Gasteiger partial charge < -0.3 is 20.7 Å². The Kier molecular flexibility index (Phi) is 6.81. The third-order valence-corrected chi connectivity index (χ3v) is 6.15. The number of ether oxygens (including phenoxy) is 1. The lowest BCUT2D eigenvalue weighted by Gasteiger charge is -2.27. The van der Waals surface area contributed by atoms with Crippen LogP contribution in [0.2, 0.25) is 0 Å². The number of benzene rings is 2. The molecule has 36 heavy (non-hydrogen) atoms. The highest BCUT2D eigenvalue weighted by Gasteiger charge is 2.14. The fourth-order valence-electron chi connectivity index (χ4n) is 4.28. The molecule has 4 aromatic rings. The minimum Gasteiger partial charge on any atom is -0.378 e. The van der Waals surface area contributed by atoms with Crippen LogP contribution >= 0.6 is 0 Å². The molecule has 1 aliphatic rings. The van der Waals surface area contributed by atoms with Crippen molar-refractivity contribution in [3.63, 3.8) is 0 Å². The zero-order chi connectivity index (χ0) is 24.9. The van der Waals surface area contributed by atoms with Gasteiger partial charge in [0.15, 0.2) is 5.78 Å². The number of nitrogens with two attached hydrogens (primary N) is 1. The highest BCUT2D eigenvalue weighted by molar-refractivity contribution is 6.06. The summed E-state index contributed by atoms with van der Waals surface area (Å²) in [6, 6.07) is 16.8. The number of primary amides is 1. The molecular weight excluding hydrogens is 456 g/mol. The second kappa shape index (κ2) is 10.5. The van der Waals surface area contributed by atoms with Crippen LogP contribution in [-0.2, 0) is 17.7 Å². The number of carbonyl (C=O) groups is 2. The number of hydrogen-bond acceptors (Lipinski definition) is 8. The second-order valence-electron chi connectivity index (χ2n) is 8.57. The van der Waals surface area contributed by atoms with Crippen molar-refractivity contribution in [2.75, 3.05) is 36.5 Å². The molecule has 0 saturated carbocycles. The first-order valence-corrected chi connectivity index (χ1v) is 11.8. The fraction of sp³-hybridized carbons (Fsp3) is 0.222. The van der Waals surface area contributed by atoms with Gasteiger partial charge >= 0.3 is 0 Å². The van der Waals surface area contributed by atoms with Gasteiger partial charge in [-0.3, -0.25) is 9.59 Å². The van der Waals surface area contributed by atoms with Crippen LogP contribution in [0, 0.1) is 0 Å². The lowest BCUT2D eigenvalue weighted by Crippen LogP contribution is -2.36. The van der Waals surface area contributed by atoms with Crippen LogP contribution in [0.3, 0.4) is 0 Å². The average molecular weight is 483 g/mol. The quantitative estimate of drug-likeness (QED) is 0.368. The number of carbonyl (C=O) groups excluding carboxylic acids is 2. The predicted octanol–water partition coefficient (Wildman–Crippen LogP) is 3.00. The molecule has 2 aromatic carbocycles. The molecule has 5 rings (SSSR count). The zero-order valence-electron chi connectivity index (χ0n) is 19.7. The molecule has 3 N–H and O–H groups in total. The summed E-state index contributed by atoms with van der Waals surface area (Å²) in [6.45, 7) is 3.48. The van der Waals surface area contributed by atoms with E-state index in [0.717, 1.165) is 30.0 Å². The summed E-state index contributed by atoms with van der Waals surface area (Å²) < 4.78 is 5.38. The van der Waals surface area contributed by atoms with Crippen molar-refractivity contribution in [2.24, 2.45) is 5.73 Å². The van der Waals surface area contributed by atoms with E-state index in [0.29, 0.717) is 47.6 Å². The third-order valence-electron chi connectivity index (χ3n) is 6.15. The minimum atomic E-state index is -0.534. The van der Waals surface area contributed by atoms with Crippen molar-refractivity contribution in [3.8, 4) is 0 Å². The van der Waals surface area contributed by atoms with Gasteiger partial charge in [0.2, 0.25) is 0 Å². The van der Waals surface area contributed by atoms with Crippen molar-refractivity contribution in [1.82, 2.24) is 15.0 Å². The summed E-state index contributed by atoms with van der Waals surface area (Å²) in [5, 5.41) is 4.02. The first kappa shape index (κ1) is 23.4. The van der Waals surface area contributed by atoms with E-state index in [4.69, 9.17) is 10.5 Å². The van der Waals surface area contributed by atoms with Crippen LogP contribution in [0.4, 0.5) is 11.6 Å². The van der Waals surface area contributed by atoms with Gasteiger partial charge in [0.1, 0.15) is 18.0 Å². The van der Waals surface area contributed by atoms with Gasteiger partial charge in [0.05, 0.1) is 24.3 Å². The highest BCUT2D eigenvalue weighted by atomic mass is 16.5. The number of nitrogens with zero attached hydrogens (tertiary/aromatic N) is 4. The SMILES string of the molecule is NC(=O)c1cccc2c(NCc3cccc(CC(=O)c4ccc(N5CCOCC5)nc4)c3)ncnc12. The van der Waals surface area contributed by atoms with E-state index in [1.165, 1.54) is 6.33 Å². The smallest absolute Gasteiger partial charge is 0.250 e. The molecule has 2 aromatic heterocycles. The molecular formula is C27H26N6O3. The third kappa shape index (κ3) is 5.16. The van der Waals surface area contributed by atoms with Crippen molar-refractivity contribution in [2.45, 2.75) is 13.0 Å². The predicted molar refractivity (Wildman–Crippen MR) is 137 cm³/mol. The number of morpholine rings is 1. The summed E-state index contributed by atoms with van der Waals surface area (Å²) in [5.41, 5.74) is 8.85. The number of hydrogen-bond donors (Lipinski definition) is 2. The number of fused-ring (bicyclic) bond motifs is 1. The normalized spacial score (nSPS) is 13.5. The molecule has 0 aliphatic carbocycles. The number of Topliss-reactive ketones (excluding diaryl/α,β-unsaturated/α-hetero) is 1. The Hall–Kier alpha value is -4.37. The molecule has 0 spiro atoms. The molecule has 9 heteroatoms. The Balaban J connectivity index is 1.25. The molecule has 9 nitrogen and oxygen atoms in total. The monoisotopic (exact) mass is 482 g/mol. The lowest BCUT2D eigenvalue weighted by atomic mass is 10.0. The van der Waals surface area contributed by atoms with Gasteiger partial charge in [-0.2, -0.15) is 0 Å². The van der Waals surface area contributed by atoms with Crippen molar-refractivity contribution in [3.05, 3.63) is 89.4 Å². The van der Waals surface area contributed by atoms with E-state index in [9.17, 15) is 9.59 Å². The lowest BCUT2D eigenvalue weighted by molar-refractivity contribution is 0.0987. The van der Waals surface area contributed by atoms with E-state index in [1.54, 1.807) is 18.3 Å². The molecule has 0 bridgehead atoms. The number of ketones is 1. The zero-order valence-corrected chi connectivity index (χ0v) is 19.7. The van der Waals surface area contributed by atoms with Crippen LogP contribution in [0.5, 0.6) is 0 Å². The van der Waals surface area contributed by atoms with Crippen LogP contribution in [0.1, 0.15) is 31.8 Å². The topological polar surface area (TPSA) is 123 Å². The molecule has 182 valence electrons. The molecule has 1 amide bonds. The minimum absolute atomic E-state index is 0.0157. The second-order valence-corrected chi connectivity index (χ2v) is 8.57. The Labute approximate surface area is 208 Å². The summed E-state index contributed by atoms with van der Waals surface area (Å²) in [5.74, 6) is 0.953. The van der Waals surface area contributed by atoms with Gasteiger partial charge in [-0.25, -0.2) is 15.0 Å². The molecule has 0 atom stereocenters. The van der Waals surface area contributed by atoms with E-state index in [-0.39, 0.29) is 12.2 Å².